The zero-order valence-electron chi connectivity index (χ0n) is 35.2. The van der Waals surface area contributed by atoms with E-state index in [1.165, 1.54) is 34.4 Å². The molecule has 0 spiro atoms. The third-order valence-electron chi connectivity index (χ3n) is 11.9. The van der Waals surface area contributed by atoms with Crippen LogP contribution >= 0.6 is 0 Å². The van der Waals surface area contributed by atoms with Gasteiger partial charge in [0.15, 0.2) is 17.5 Å². The number of benzene rings is 8. The van der Waals surface area contributed by atoms with E-state index in [4.69, 9.17) is 15.0 Å². The number of aryl methyl sites for hydroxylation is 4. The average molecular weight is 827 g/mol. The van der Waals surface area contributed by atoms with Gasteiger partial charge in [-0.1, -0.05) is 145 Å². The Morgan fingerprint density at radius 3 is 1.37 bits per heavy atom. The molecule has 0 radical (unpaired) electrons. The fraction of sp³-hybridized carbons (Fsp3) is 0.0893. The van der Waals surface area contributed by atoms with Crippen LogP contribution < -0.4 is 0 Å². The van der Waals surface area contributed by atoms with Gasteiger partial charge in [0.25, 0.3) is 0 Å². The van der Waals surface area contributed by atoms with E-state index in [9.17, 15) is 13.2 Å². The van der Waals surface area contributed by atoms with Crippen molar-refractivity contribution in [1.29, 1.82) is 0 Å². The molecule has 2 heterocycles. The molecule has 63 heavy (non-hydrogen) atoms. The maximum atomic E-state index is 14.8. The third-order valence-corrected chi connectivity index (χ3v) is 11.9. The van der Waals surface area contributed by atoms with E-state index in [1.807, 2.05) is 72.8 Å². The zero-order chi connectivity index (χ0) is 43.4. The first kappa shape index (κ1) is 39.5. The molecule has 10 aromatic rings. The monoisotopic (exact) mass is 826 g/mol. The highest BCUT2D eigenvalue weighted by Crippen LogP contribution is 2.44. The summed E-state index contributed by atoms with van der Waals surface area (Å²) in [5, 5.41) is 2.11. The number of nitrogens with zero attached hydrogens (tertiary/aromatic N) is 4. The molecule has 0 saturated heterocycles. The number of alkyl halides is 3. The van der Waals surface area contributed by atoms with Crippen LogP contribution in [-0.2, 0) is 6.18 Å². The predicted octanol–water partition coefficient (Wildman–Crippen LogP) is 15.2. The summed E-state index contributed by atoms with van der Waals surface area (Å²) in [7, 11) is 0. The van der Waals surface area contributed by atoms with Gasteiger partial charge in [-0.2, -0.15) is 13.2 Å². The molecule has 10 rings (SSSR count). The third kappa shape index (κ3) is 7.35. The second kappa shape index (κ2) is 15.7. The Bertz CT molecular complexity index is 3200. The molecule has 2 aromatic heterocycles. The largest absolute Gasteiger partial charge is 0.417 e. The molecule has 0 aliphatic rings. The summed E-state index contributed by atoms with van der Waals surface area (Å²) in [5.74, 6) is 1.08. The highest BCUT2D eigenvalue weighted by Gasteiger charge is 2.34. The van der Waals surface area contributed by atoms with Gasteiger partial charge in [-0.25, -0.2) is 15.0 Å². The molecule has 0 aliphatic carbocycles. The van der Waals surface area contributed by atoms with Crippen molar-refractivity contribution in [3.63, 3.8) is 0 Å². The van der Waals surface area contributed by atoms with E-state index in [0.717, 1.165) is 66.9 Å². The van der Waals surface area contributed by atoms with Gasteiger partial charge >= 0.3 is 6.18 Å². The second-order valence-electron chi connectivity index (χ2n) is 16.2. The van der Waals surface area contributed by atoms with Crippen molar-refractivity contribution in [1.82, 2.24) is 19.5 Å². The molecular weight excluding hydrogens is 786 g/mol. The minimum Gasteiger partial charge on any atom is -0.309 e. The number of aromatic nitrogens is 4. The number of rotatable bonds is 7. The molecule has 0 atom stereocenters. The quantitative estimate of drug-likeness (QED) is 0.161. The molecule has 306 valence electrons. The summed E-state index contributed by atoms with van der Waals surface area (Å²) in [6, 6.07) is 56.6. The summed E-state index contributed by atoms with van der Waals surface area (Å²) in [5.41, 5.74) is 13.6. The first-order valence-electron chi connectivity index (χ1n) is 20.9. The lowest BCUT2D eigenvalue weighted by atomic mass is 9.94. The van der Waals surface area contributed by atoms with E-state index >= 15 is 0 Å². The lowest BCUT2D eigenvalue weighted by Gasteiger charge is -2.18. The van der Waals surface area contributed by atoms with E-state index < -0.39 is 11.7 Å². The molecule has 0 saturated carbocycles. The van der Waals surface area contributed by atoms with Crippen LogP contribution in [0, 0.1) is 27.7 Å². The van der Waals surface area contributed by atoms with Gasteiger partial charge in [0.05, 0.1) is 16.6 Å². The molecule has 0 unspecified atom stereocenters. The van der Waals surface area contributed by atoms with Gasteiger partial charge in [0, 0.05) is 33.2 Å². The van der Waals surface area contributed by atoms with Crippen molar-refractivity contribution >= 4 is 21.8 Å². The highest BCUT2D eigenvalue weighted by molar-refractivity contribution is 6.12. The normalized spacial score (nSPS) is 11.7. The van der Waals surface area contributed by atoms with Crippen LogP contribution in [0.4, 0.5) is 13.2 Å². The van der Waals surface area contributed by atoms with Crippen molar-refractivity contribution in [2.75, 3.05) is 0 Å². The molecule has 0 amide bonds. The molecular formula is C56H41F3N4. The SMILES string of the molecule is Cc1ccc(-c2ccc3c(c2)c2cc(-c4ccc(C)cc4C)ccc2n3-c2ccc(-c3ccccc3C(F)(F)F)c(-c3nc(-c4ccccc4)nc(-c4ccccc4)n3)c2)c(C)c1. The zero-order valence-corrected chi connectivity index (χ0v) is 35.2. The van der Waals surface area contributed by atoms with Gasteiger partial charge in [0.1, 0.15) is 0 Å². The number of hydrogen-bond acceptors (Lipinski definition) is 3. The Hall–Kier alpha value is -7.64. The summed E-state index contributed by atoms with van der Waals surface area (Å²) in [4.78, 5) is 15.0. The summed E-state index contributed by atoms with van der Waals surface area (Å²) < 4.78 is 46.7. The van der Waals surface area contributed by atoms with Crippen LogP contribution in [0.2, 0.25) is 0 Å². The van der Waals surface area contributed by atoms with Gasteiger partial charge < -0.3 is 4.57 Å². The van der Waals surface area contributed by atoms with Gasteiger partial charge in [0.2, 0.25) is 0 Å². The molecule has 7 heteroatoms. The lowest BCUT2D eigenvalue weighted by Crippen LogP contribution is -2.08. The maximum Gasteiger partial charge on any atom is 0.417 e. The summed E-state index contributed by atoms with van der Waals surface area (Å²) in [6.07, 6.45) is -4.61. The standard InChI is InChI=1S/C56H41F3N4/c1-34-19-24-43(36(3)29-34)40-21-27-51-47(31-40)48-32-41(44-25-20-35(2)30-37(44)4)22-28-52(48)63(51)42-23-26-45(46-17-11-12-18-50(46)56(57,58)59)49(33-42)55-61-53(38-13-7-5-8-14-38)60-54(62-55)39-15-9-6-10-16-39/h5-33H,1-4H3. The smallest absolute Gasteiger partial charge is 0.309 e. The lowest BCUT2D eigenvalue weighted by molar-refractivity contribution is -0.137. The van der Waals surface area contributed by atoms with Crippen molar-refractivity contribution in [3.05, 3.63) is 204 Å². The van der Waals surface area contributed by atoms with Crippen LogP contribution in [0.1, 0.15) is 27.8 Å². The van der Waals surface area contributed by atoms with Gasteiger partial charge in [-0.15, -0.1) is 0 Å². The fourth-order valence-electron chi connectivity index (χ4n) is 8.90. The van der Waals surface area contributed by atoms with E-state index in [2.05, 4.69) is 105 Å². The molecule has 8 aromatic carbocycles. The first-order valence-corrected chi connectivity index (χ1v) is 20.9. The molecule has 0 fully saturated rings. The van der Waals surface area contributed by atoms with Crippen molar-refractivity contribution < 1.29 is 13.2 Å². The van der Waals surface area contributed by atoms with E-state index in [-0.39, 0.29) is 11.4 Å². The minimum atomic E-state index is -4.61. The van der Waals surface area contributed by atoms with Crippen molar-refractivity contribution in [2.24, 2.45) is 0 Å². The predicted molar refractivity (Wildman–Crippen MR) is 251 cm³/mol. The molecule has 0 aliphatic heterocycles. The average Bonchev–Trinajstić information content (AvgIpc) is 3.62. The topological polar surface area (TPSA) is 43.6 Å². The Labute approximate surface area is 364 Å². The van der Waals surface area contributed by atoms with Crippen LogP contribution in [0.25, 0.3) is 95.0 Å². The molecule has 4 nitrogen and oxygen atoms in total. The maximum absolute atomic E-state index is 14.8. The summed E-state index contributed by atoms with van der Waals surface area (Å²) in [6.45, 7) is 8.49. The minimum absolute atomic E-state index is 0.0351. The Balaban J connectivity index is 1.27. The number of fused-ring (bicyclic) bond motifs is 3. The highest BCUT2D eigenvalue weighted by atomic mass is 19.4. The Morgan fingerprint density at radius 2 is 0.857 bits per heavy atom. The van der Waals surface area contributed by atoms with E-state index in [0.29, 0.717) is 22.8 Å². The van der Waals surface area contributed by atoms with E-state index in [1.54, 1.807) is 12.1 Å². The molecule has 0 bridgehead atoms. The van der Waals surface area contributed by atoms with Crippen molar-refractivity contribution in [2.45, 2.75) is 33.9 Å². The molecule has 0 N–H and O–H groups in total. The van der Waals surface area contributed by atoms with Crippen LogP contribution in [-0.4, -0.2) is 19.5 Å². The van der Waals surface area contributed by atoms with Gasteiger partial charge in [-0.3, -0.25) is 0 Å². The summed E-state index contributed by atoms with van der Waals surface area (Å²) >= 11 is 0. The second-order valence-corrected chi connectivity index (χ2v) is 16.2. The van der Waals surface area contributed by atoms with Crippen LogP contribution in [0.5, 0.6) is 0 Å². The van der Waals surface area contributed by atoms with Crippen LogP contribution in [0.3, 0.4) is 0 Å². The number of halogens is 3. The van der Waals surface area contributed by atoms with Gasteiger partial charge in [-0.05, 0) is 115 Å². The Morgan fingerprint density at radius 1 is 0.381 bits per heavy atom. The first-order chi connectivity index (χ1) is 30.5. The Kier molecular flexibility index (Phi) is 9.83. The fourth-order valence-corrected chi connectivity index (χ4v) is 8.90. The number of hydrogen-bond donors (Lipinski definition) is 0. The van der Waals surface area contributed by atoms with Crippen LogP contribution in [0.15, 0.2) is 176 Å². The van der Waals surface area contributed by atoms with Crippen molar-refractivity contribution in [3.8, 4) is 73.2 Å².